The number of hydrogen-bond acceptors (Lipinski definition) is 4. The van der Waals surface area contributed by atoms with Gasteiger partial charge in [0.25, 0.3) is 0 Å². The van der Waals surface area contributed by atoms with Gasteiger partial charge in [0, 0.05) is 5.56 Å². The minimum Gasteiger partial charge on any atom is -0.479 e. The molecule has 0 aliphatic heterocycles. The van der Waals surface area contributed by atoms with Gasteiger partial charge in [-0.2, -0.15) is 0 Å². The maximum absolute atomic E-state index is 13.3. The third kappa shape index (κ3) is 2.15. The summed E-state index contributed by atoms with van der Waals surface area (Å²) in [5.74, 6) is -1.04. The van der Waals surface area contributed by atoms with Crippen molar-refractivity contribution in [3.63, 3.8) is 0 Å². The fourth-order valence-corrected chi connectivity index (χ4v) is 1.87. The quantitative estimate of drug-likeness (QED) is 0.925. The molecule has 0 amide bonds. The molecule has 0 aliphatic rings. The van der Waals surface area contributed by atoms with Crippen LogP contribution >= 0.6 is 0 Å². The van der Waals surface area contributed by atoms with Gasteiger partial charge in [-0.3, -0.25) is 0 Å². The zero-order chi connectivity index (χ0) is 14.9. The summed E-state index contributed by atoms with van der Waals surface area (Å²) in [5.41, 5.74) is -0.221. The maximum atomic E-state index is 13.3. The average Bonchev–Trinajstić information content (AvgIpc) is 2.90. The highest BCUT2D eigenvalue weighted by Crippen LogP contribution is 2.27. The van der Waals surface area contributed by atoms with Crippen molar-refractivity contribution in [1.82, 2.24) is 20.2 Å². The van der Waals surface area contributed by atoms with Gasteiger partial charge >= 0.3 is 5.97 Å². The van der Waals surface area contributed by atoms with E-state index in [1.165, 1.54) is 16.8 Å². The highest BCUT2D eigenvalue weighted by Gasteiger charge is 2.37. The first-order valence-electron chi connectivity index (χ1n) is 6.19. The molecule has 0 saturated carbocycles. The molecular formula is C13H15FN4O2. The molecule has 1 aromatic carbocycles. The molecule has 0 bridgehead atoms. The summed E-state index contributed by atoms with van der Waals surface area (Å²) < 4.78 is 14.6. The van der Waals surface area contributed by atoms with Gasteiger partial charge in [-0.1, -0.05) is 6.92 Å². The van der Waals surface area contributed by atoms with E-state index in [0.717, 1.165) is 0 Å². The molecule has 20 heavy (non-hydrogen) atoms. The molecule has 106 valence electrons. The van der Waals surface area contributed by atoms with E-state index in [2.05, 4.69) is 15.5 Å². The monoisotopic (exact) mass is 278 g/mol. The molecule has 7 heteroatoms. The van der Waals surface area contributed by atoms with E-state index < -0.39 is 11.5 Å². The fourth-order valence-electron chi connectivity index (χ4n) is 1.87. The van der Waals surface area contributed by atoms with Gasteiger partial charge in [0.2, 0.25) is 0 Å². The molecule has 0 spiro atoms. The van der Waals surface area contributed by atoms with E-state index >= 15 is 0 Å². The number of halogens is 1. The Morgan fingerprint density at radius 1 is 1.50 bits per heavy atom. The lowest BCUT2D eigenvalue weighted by molar-refractivity contribution is -0.147. The minimum atomic E-state index is -1.25. The SMILES string of the molecule is CCC(C)(C(=O)O)n1nnnc1-c1ccc(F)c(C)c1. The molecular weight excluding hydrogens is 263 g/mol. The molecule has 1 heterocycles. The van der Waals surface area contributed by atoms with Crippen LogP contribution in [0.2, 0.25) is 0 Å². The third-order valence-electron chi connectivity index (χ3n) is 3.50. The number of rotatable bonds is 4. The third-order valence-corrected chi connectivity index (χ3v) is 3.50. The lowest BCUT2D eigenvalue weighted by atomic mass is 9.99. The number of carboxylic acids is 1. The molecule has 0 radical (unpaired) electrons. The number of benzene rings is 1. The first-order chi connectivity index (χ1) is 9.40. The Bertz CT molecular complexity index is 656. The lowest BCUT2D eigenvalue weighted by Crippen LogP contribution is -2.39. The van der Waals surface area contributed by atoms with E-state index in [4.69, 9.17) is 0 Å². The summed E-state index contributed by atoms with van der Waals surface area (Å²) in [7, 11) is 0. The molecule has 2 aromatic rings. The number of tetrazole rings is 1. The highest BCUT2D eigenvalue weighted by molar-refractivity contribution is 5.77. The summed E-state index contributed by atoms with van der Waals surface area (Å²) in [6.45, 7) is 4.92. The summed E-state index contributed by atoms with van der Waals surface area (Å²) in [6.07, 6.45) is 0.320. The zero-order valence-corrected chi connectivity index (χ0v) is 11.5. The van der Waals surface area contributed by atoms with Gasteiger partial charge in [-0.25, -0.2) is 13.9 Å². The number of hydrogen-bond donors (Lipinski definition) is 1. The lowest BCUT2D eigenvalue weighted by Gasteiger charge is -2.24. The summed E-state index contributed by atoms with van der Waals surface area (Å²) >= 11 is 0. The van der Waals surface area contributed by atoms with Crippen LogP contribution in [0.4, 0.5) is 4.39 Å². The van der Waals surface area contributed by atoms with Gasteiger partial charge < -0.3 is 5.11 Å². The van der Waals surface area contributed by atoms with Crippen LogP contribution in [0, 0.1) is 12.7 Å². The second-order valence-electron chi connectivity index (χ2n) is 4.81. The predicted molar refractivity (Wildman–Crippen MR) is 69.5 cm³/mol. The number of carbonyl (C=O) groups is 1. The Hall–Kier alpha value is -2.31. The molecule has 0 saturated heterocycles. The van der Waals surface area contributed by atoms with Gasteiger partial charge in [-0.05, 0) is 54.5 Å². The maximum Gasteiger partial charge on any atom is 0.331 e. The van der Waals surface area contributed by atoms with E-state index in [-0.39, 0.29) is 5.82 Å². The smallest absolute Gasteiger partial charge is 0.331 e. The molecule has 2 rings (SSSR count). The van der Waals surface area contributed by atoms with Gasteiger partial charge in [0.15, 0.2) is 11.4 Å². The fraction of sp³-hybridized carbons (Fsp3) is 0.385. The van der Waals surface area contributed by atoms with E-state index in [9.17, 15) is 14.3 Å². The van der Waals surface area contributed by atoms with Crippen LogP contribution in [0.1, 0.15) is 25.8 Å². The van der Waals surface area contributed by atoms with Crippen molar-refractivity contribution >= 4 is 5.97 Å². The molecule has 1 aromatic heterocycles. The molecule has 1 unspecified atom stereocenters. The van der Waals surface area contributed by atoms with Crippen molar-refractivity contribution in [3.05, 3.63) is 29.6 Å². The number of carboxylic acid groups (broad SMARTS) is 1. The minimum absolute atomic E-state index is 0.305. The van der Waals surface area contributed by atoms with Crippen molar-refractivity contribution in [2.45, 2.75) is 32.7 Å². The molecule has 0 aliphatic carbocycles. The Morgan fingerprint density at radius 2 is 2.20 bits per heavy atom. The summed E-state index contributed by atoms with van der Waals surface area (Å²) in [6, 6.07) is 4.44. The van der Waals surface area contributed by atoms with Crippen molar-refractivity contribution in [2.24, 2.45) is 0 Å². The van der Waals surface area contributed by atoms with Gasteiger partial charge in [0.05, 0.1) is 0 Å². The zero-order valence-electron chi connectivity index (χ0n) is 11.5. The van der Waals surface area contributed by atoms with Gasteiger partial charge in [0.1, 0.15) is 5.82 Å². The Labute approximate surface area is 115 Å². The summed E-state index contributed by atoms with van der Waals surface area (Å²) in [4.78, 5) is 11.5. The number of aliphatic carboxylic acids is 1. The molecule has 1 atom stereocenters. The van der Waals surface area contributed by atoms with E-state index in [0.29, 0.717) is 23.4 Å². The molecule has 1 N–H and O–H groups in total. The van der Waals surface area contributed by atoms with Crippen molar-refractivity contribution in [3.8, 4) is 11.4 Å². The molecule has 0 fully saturated rings. The van der Waals surface area contributed by atoms with Crippen molar-refractivity contribution in [2.75, 3.05) is 0 Å². The van der Waals surface area contributed by atoms with Crippen LogP contribution < -0.4 is 0 Å². The highest BCUT2D eigenvalue weighted by atomic mass is 19.1. The Balaban J connectivity index is 2.58. The average molecular weight is 278 g/mol. The van der Waals surface area contributed by atoms with Crippen molar-refractivity contribution < 1.29 is 14.3 Å². The Kier molecular flexibility index (Phi) is 3.52. The molecule has 6 nitrogen and oxygen atoms in total. The predicted octanol–water partition coefficient (Wildman–Crippen LogP) is 2.00. The topological polar surface area (TPSA) is 80.9 Å². The standard InChI is InChI=1S/C13H15FN4O2/c1-4-13(3,12(19)20)18-11(15-16-17-18)9-5-6-10(14)8(2)7-9/h5-7H,4H2,1-3H3,(H,19,20). The second-order valence-corrected chi connectivity index (χ2v) is 4.81. The van der Waals surface area contributed by atoms with Crippen LogP contribution in [0.15, 0.2) is 18.2 Å². The van der Waals surface area contributed by atoms with Crippen LogP contribution in [-0.2, 0) is 10.3 Å². The first kappa shape index (κ1) is 14.1. The largest absolute Gasteiger partial charge is 0.479 e. The van der Waals surface area contributed by atoms with Crippen LogP contribution in [-0.4, -0.2) is 31.3 Å². The van der Waals surface area contributed by atoms with Crippen molar-refractivity contribution in [1.29, 1.82) is 0 Å². The van der Waals surface area contributed by atoms with E-state index in [1.54, 1.807) is 26.8 Å². The number of nitrogens with zero attached hydrogens (tertiary/aromatic N) is 4. The number of aryl methyl sites for hydroxylation is 1. The summed E-state index contributed by atoms with van der Waals surface area (Å²) in [5, 5.41) is 20.6. The van der Waals surface area contributed by atoms with Crippen LogP contribution in [0.5, 0.6) is 0 Å². The Morgan fingerprint density at radius 3 is 2.75 bits per heavy atom. The van der Waals surface area contributed by atoms with E-state index in [1.807, 2.05) is 0 Å². The van der Waals surface area contributed by atoms with Crippen LogP contribution in [0.3, 0.4) is 0 Å². The second kappa shape index (κ2) is 4.99. The first-order valence-corrected chi connectivity index (χ1v) is 6.19. The van der Waals surface area contributed by atoms with Gasteiger partial charge in [-0.15, -0.1) is 5.10 Å². The van der Waals surface area contributed by atoms with Crippen LogP contribution in [0.25, 0.3) is 11.4 Å². The number of aromatic nitrogens is 4. The normalized spacial score (nSPS) is 14.0.